The number of hydrogen-bond acceptors (Lipinski definition) is 4. The molecule has 5 heteroatoms. The second-order valence-corrected chi connectivity index (χ2v) is 8.42. The third kappa shape index (κ3) is 3.92. The van der Waals surface area contributed by atoms with Crippen molar-refractivity contribution in [1.29, 1.82) is 0 Å². The Balaban J connectivity index is 1.82. The average Bonchev–Trinajstić information content (AvgIpc) is 2.87. The number of carbonyl (C=O) groups excluding carboxylic acids is 2. The van der Waals surface area contributed by atoms with Gasteiger partial charge >= 0.3 is 5.97 Å². The molecule has 1 unspecified atom stereocenters. The number of rotatable bonds is 6. The van der Waals surface area contributed by atoms with Crippen molar-refractivity contribution in [3.63, 3.8) is 0 Å². The smallest absolute Gasteiger partial charge is 0.323 e. The zero-order chi connectivity index (χ0) is 21.3. The van der Waals surface area contributed by atoms with Gasteiger partial charge in [-0.25, -0.2) is 0 Å². The molecule has 1 amide bonds. The number of hydrogen-bond donors (Lipinski definition) is 0. The van der Waals surface area contributed by atoms with Gasteiger partial charge in [0.15, 0.2) is 0 Å². The molecule has 1 aliphatic heterocycles. The lowest BCUT2D eigenvalue weighted by Gasteiger charge is -2.24. The summed E-state index contributed by atoms with van der Waals surface area (Å²) in [4.78, 5) is 28.7. The molecule has 2 atom stereocenters. The van der Waals surface area contributed by atoms with Gasteiger partial charge in [-0.1, -0.05) is 42.0 Å². The quantitative estimate of drug-likeness (QED) is 0.707. The molecule has 0 saturated heterocycles. The third-order valence-corrected chi connectivity index (χ3v) is 5.99. The zero-order valence-corrected chi connectivity index (χ0v) is 18.2. The van der Waals surface area contributed by atoms with Crippen LogP contribution >= 0.6 is 0 Å². The van der Waals surface area contributed by atoms with Crippen LogP contribution in [0.2, 0.25) is 0 Å². The normalized spacial score (nSPS) is 19.4. The van der Waals surface area contributed by atoms with Crippen molar-refractivity contribution >= 4 is 17.6 Å². The van der Waals surface area contributed by atoms with Gasteiger partial charge in [-0.2, -0.15) is 0 Å². The number of esters is 1. The van der Waals surface area contributed by atoms with Gasteiger partial charge in [0, 0.05) is 12.7 Å². The molecular weight excluding hydrogens is 364 g/mol. The summed E-state index contributed by atoms with van der Waals surface area (Å²) < 4.78 is 4.91. The van der Waals surface area contributed by atoms with Crippen LogP contribution < -0.4 is 4.90 Å². The first-order chi connectivity index (χ1) is 13.7. The Morgan fingerprint density at radius 1 is 1.14 bits per heavy atom. The summed E-state index contributed by atoms with van der Waals surface area (Å²) in [5.41, 5.74) is 4.83. The van der Waals surface area contributed by atoms with Crippen molar-refractivity contribution < 1.29 is 14.3 Å². The fourth-order valence-electron chi connectivity index (χ4n) is 4.19. The zero-order valence-electron chi connectivity index (χ0n) is 18.2. The summed E-state index contributed by atoms with van der Waals surface area (Å²) >= 11 is 0. The fourth-order valence-corrected chi connectivity index (χ4v) is 4.19. The highest BCUT2D eigenvalue weighted by Gasteiger charge is 2.45. The SMILES string of the molecule is COC(=O)C(Cc1ccc(C[C@@]2(C)C(=O)N(C)c3ccc(C)cc32)cc1)N(C)C. The molecule has 29 heavy (non-hydrogen) atoms. The van der Waals surface area contributed by atoms with E-state index in [1.807, 2.05) is 57.2 Å². The Morgan fingerprint density at radius 3 is 2.34 bits per heavy atom. The average molecular weight is 395 g/mol. The molecule has 2 aromatic rings. The third-order valence-electron chi connectivity index (χ3n) is 5.99. The Bertz CT molecular complexity index is 920. The van der Waals surface area contributed by atoms with E-state index in [0.717, 1.165) is 27.9 Å². The van der Waals surface area contributed by atoms with Crippen LogP contribution in [0.4, 0.5) is 5.69 Å². The molecule has 1 aliphatic rings. The Kier molecular flexibility index (Phi) is 5.80. The van der Waals surface area contributed by atoms with Gasteiger partial charge in [-0.3, -0.25) is 14.5 Å². The maximum Gasteiger partial charge on any atom is 0.323 e. The minimum absolute atomic E-state index is 0.125. The molecule has 0 radical (unpaired) electrons. The minimum Gasteiger partial charge on any atom is -0.468 e. The first-order valence-corrected chi connectivity index (χ1v) is 9.88. The van der Waals surface area contributed by atoms with Crippen molar-refractivity contribution in [2.45, 2.75) is 38.1 Å². The molecule has 0 bridgehead atoms. The summed E-state index contributed by atoms with van der Waals surface area (Å²) in [5.74, 6) is -0.112. The van der Waals surface area contributed by atoms with Crippen molar-refractivity contribution in [2.24, 2.45) is 0 Å². The summed E-state index contributed by atoms with van der Waals surface area (Å²) in [7, 11) is 7.01. The van der Waals surface area contributed by atoms with Crippen LogP contribution in [0.15, 0.2) is 42.5 Å². The Hall–Kier alpha value is -2.66. The highest BCUT2D eigenvalue weighted by molar-refractivity contribution is 6.07. The molecule has 0 N–H and O–H groups in total. The highest BCUT2D eigenvalue weighted by atomic mass is 16.5. The maximum absolute atomic E-state index is 13.1. The first kappa shape index (κ1) is 21.1. The Labute approximate surface area is 173 Å². The van der Waals surface area contributed by atoms with Crippen molar-refractivity contribution in [3.05, 3.63) is 64.7 Å². The van der Waals surface area contributed by atoms with E-state index in [2.05, 4.69) is 25.1 Å². The molecule has 0 saturated carbocycles. The molecule has 1 heterocycles. The second kappa shape index (κ2) is 7.99. The number of methoxy groups -OCH3 is 1. The molecule has 3 rings (SSSR count). The van der Waals surface area contributed by atoms with Crippen LogP contribution in [0.25, 0.3) is 0 Å². The van der Waals surface area contributed by atoms with Crippen LogP contribution in [-0.4, -0.2) is 51.1 Å². The van der Waals surface area contributed by atoms with Gasteiger partial charge < -0.3 is 9.64 Å². The van der Waals surface area contributed by atoms with E-state index in [9.17, 15) is 9.59 Å². The summed E-state index contributed by atoms with van der Waals surface area (Å²) in [6.07, 6.45) is 1.22. The lowest BCUT2D eigenvalue weighted by Crippen LogP contribution is -2.38. The molecule has 0 aliphatic carbocycles. The van der Waals surface area contributed by atoms with E-state index in [-0.39, 0.29) is 17.9 Å². The van der Waals surface area contributed by atoms with Gasteiger partial charge in [0.2, 0.25) is 5.91 Å². The van der Waals surface area contributed by atoms with Crippen LogP contribution in [0.3, 0.4) is 0 Å². The van der Waals surface area contributed by atoms with Crippen LogP contribution in [0.1, 0.15) is 29.2 Å². The number of fused-ring (bicyclic) bond motifs is 1. The summed E-state index contributed by atoms with van der Waals surface area (Å²) in [6, 6.07) is 14.1. The topological polar surface area (TPSA) is 49.9 Å². The highest BCUT2D eigenvalue weighted by Crippen LogP contribution is 2.43. The number of ether oxygens (including phenoxy) is 1. The van der Waals surface area contributed by atoms with Crippen LogP contribution in [-0.2, 0) is 32.6 Å². The largest absolute Gasteiger partial charge is 0.468 e. The lowest BCUT2D eigenvalue weighted by atomic mass is 9.78. The standard InChI is InChI=1S/C24H30N2O3/c1-16-7-12-20-19(13-16)24(2,23(28)26(20)5)15-18-10-8-17(9-11-18)14-21(25(3)4)22(27)29-6/h7-13,21H,14-15H2,1-6H3/t21?,24-/m1/s1. The molecule has 154 valence electrons. The summed E-state index contributed by atoms with van der Waals surface area (Å²) in [5, 5.41) is 0. The number of likely N-dealkylation sites (N-methyl/N-ethyl adjacent to an activating group) is 2. The predicted molar refractivity (Wildman–Crippen MR) is 115 cm³/mol. The Morgan fingerprint density at radius 2 is 1.76 bits per heavy atom. The minimum atomic E-state index is -0.574. The number of nitrogens with zero attached hydrogens (tertiary/aromatic N) is 2. The van der Waals surface area contributed by atoms with Gasteiger partial charge in [0.25, 0.3) is 0 Å². The van der Waals surface area contributed by atoms with Gasteiger partial charge in [0.05, 0.1) is 12.5 Å². The van der Waals surface area contributed by atoms with Crippen LogP contribution in [0, 0.1) is 6.92 Å². The molecule has 5 nitrogen and oxygen atoms in total. The van der Waals surface area contributed by atoms with E-state index in [1.54, 1.807) is 4.90 Å². The number of aryl methyl sites for hydroxylation is 1. The number of benzene rings is 2. The van der Waals surface area contributed by atoms with Crippen LogP contribution in [0.5, 0.6) is 0 Å². The number of carbonyl (C=O) groups is 2. The van der Waals surface area contributed by atoms with Crippen molar-refractivity contribution in [1.82, 2.24) is 4.90 Å². The van der Waals surface area contributed by atoms with Gasteiger partial charge in [-0.15, -0.1) is 0 Å². The molecule has 0 fully saturated rings. The monoisotopic (exact) mass is 394 g/mol. The number of amides is 1. The van der Waals surface area contributed by atoms with E-state index in [1.165, 1.54) is 7.11 Å². The fraction of sp³-hybridized carbons (Fsp3) is 0.417. The van der Waals surface area contributed by atoms with Crippen molar-refractivity contribution in [2.75, 3.05) is 33.2 Å². The molecule has 2 aromatic carbocycles. The number of anilines is 1. The van der Waals surface area contributed by atoms with Gasteiger partial charge in [0.1, 0.15) is 6.04 Å². The van der Waals surface area contributed by atoms with E-state index >= 15 is 0 Å². The molecule has 0 aromatic heterocycles. The van der Waals surface area contributed by atoms with E-state index < -0.39 is 5.41 Å². The lowest BCUT2D eigenvalue weighted by molar-refractivity contribution is -0.145. The van der Waals surface area contributed by atoms with Crippen molar-refractivity contribution in [3.8, 4) is 0 Å². The summed E-state index contributed by atoms with van der Waals surface area (Å²) in [6.45, 7) is 4.09. The van der Waals surface area contributed by atoms with E-state index in [0.29, 0.717) is 12.8 Å². The van der Waals surface area contributed by atoms with Gasteiger partial charge in [-0.05, 0) is 63.5 Å². The first-order valence-electron chi connectivity index (χ1n) is 9.88. The maximum atomic E-state index is 13.1. The molecular formula is C24H30N2O3. The second-order valence-electron chi connectivity index (χ2n) is 8.42. The van der Waals surface area contributed by atoms with E-state index in [4.69, 9.17) is 4.74 Å². The molecule has 0 spiro atoms. The predicted octanol–water partition coefficient (Wildman–Crippen LogP) is 3.12.